The molecule has 146 valence electrons. The largest absolute Gasteiger partial charge is 0.296 e. The molecule has 0 atom stereocenters. The normalized spacial score (nSPS) is 11.4. The van der Waals surface area contributed by atoms with Crippen LogP contribution in [0.1, 0.15) is 50.9 Å². The standard InChI is InChI=1S/C20H24N6S2/c1-3-5-7-15-19(25-11-9-21-13-25)27-17(23-15)18-24-16(8-6-4-2)20(28-18)26-12-10-22-14-26/h9-14H,3-8H2,1-2H3. The number of hydrogen-bond acceptors (Lipinski definition) is 6. The molecule has 0 radical (unpaired) electrons. The summed E-state index contributed by atoms with van der Waals surface area (Å²) in [6, 6.07) is 0. The Balaban J connectivity index is 1.74. The summed E-state index contributed by atoms with van der Waals surface area (Å²) in [6.45, 7) is 4.42. The van der Waals surface area contributed by atoms with Crippen molar-refractivity contribution in [1.82, 2.24) is 29.1 Å². The summed E-state index contributed by atoms with van der Waals surface area (Å²) in [4.78, 5) is 18.4. The highest BCUT2D eigenvalue weighted by Crippen LogP contribution is 2.37. The lowest BCUT2D eigenvalue weighted by Crippen LogP contribution is -1.94. The fourth-order valence-electron chi connectivity index (χ4n) is 3.05. The summed E-state index contributed by atoms with van der Waals surface area (Å²) < 4.78 is 4.13. The van der Waals surface area contributed by atoms with Crippen LogP contribution in [0.3, 0.4) is 0 Å². The van der Waals surface area contributed by atoms with Crippen LogP contribution >= 0.6 is 22.7 Å². The molecular formula is C20H24N6S2. The maximum absolute atomic E-state index is 4.98. The SMILES string of the molecule is CCCCc1nc(-c2nc(CCCC)c(-n3ccnc3)s2)sc1-n1ccnc1. The zero-order valence-electron chi connectivity index (χ0n) is 16.2. The molecule has 0 N–H and O–H groups in total. The molecule has 8 heteroatoms. The highest BCUT2D eigenvalue weighted by atomic mass is 32.1. The highest BCUT2D eigenvalue weighted by molar-refractivity contribution is 7.23. The lowest BCUT2D eigenvalue weighted by Gasteiger charge is -2.00. The lowest BCUT2D eigenvalue weighted by atomic mass is 10.2. The van der Waals surface area contributed by atoms with E-state index < -0.39 is 0 Å². The van der Waals surface area contributed by atoms with Gasteiger partial charge < -0.3 is 0 Å². The number of nitrogens with zero attached hydrogens (tertiary/aromatic N) is 6. The third-order valence-electron chi connectivity index (χ3n) is 4.55. The van der Waals surface area contributed by atoms with E-state index in [9.17, 15) is 0 Å². The first-order valence-corrected chi connectivity index (χ1v) is 11.4. The van der Waals surface area contributed by atoms with Gasteiger partial charge in [-0.05, 0) is 25.7 Å². The number of unbranched alkanes of at least 4 members (excludes halogenated alkanes) is 2. The molecule has 0 bridgehead atoms. The lowest BCUT2D eigenvalue weighted by molar-refractivity contribution is 0.773. The van der Waals surface area contributed by atoms with Gasteiger partial charge in [0.15, 0.2) is 10.0 Å². The van der Waals surface area contributed by atoms with Gasteiger partial charge in [-0.2, -0.15) is 0 Å². The third-order valence-corrected chi connectivity index (χ3v) is 6.91. The van der Waals surface area contributed by atoms with E-state index >= 15 is 0 Å². The average Bonchev–Trinajstić information content (AvgIpc) is 3.49. The van der Waals surface area contributed by atoms with Crippen LogP contribution in [0.15, 0.2) is 37.4 Å². The minimum Gasteiger partial charge on any atom is -0.296 e. The van der Waals surface area contributed by atoms with Crippen LogP contribution in [-0.2, 0) is 12.8 Å². The van der Waals surface area contributed by atoms with Crippen molar-refractivity contribution in [3.8, 4) is 20.0 Å². The zero-order valence-corrected chi connectivity index (χ0v) is 17.8. The van der Waals surface area contributed by atoms with Gasteiger partial charge in [-0.25, -0.2) is 19.9 Å². The second-order valence-corrected chi connectivity index (χ2v) is 8.64. The summed E-state index contributed by atoms with van der Waals surface area (Å²) in [5.41, 5.74) is 2.27. The van der Waals surface area contributed by atoms with E-state index in [1.165, 1.54) is 0 Å². The zero-order chi connectivity index (χ0) is 19.3. The van der Waals surface area contributed by atoms with Crippen molar-refractivity contribution < 1.29 is 0 Å². The Hall–Kier alpha value is -2.32. The molecule has 0 aromatic carbocycles. The molecule has 4 rings (SSSR count). The van der Waals surface area contributed by atoms with Gasteiger partial charge in [0.25, 0.3) is 0 Å². The summed E-state index contributed by atoms with van der Waals surface area (Å²) >= 11 is 3.40. The fraction of sp³-hybridized carbons (Fsp3) is 0.400. The molecule has 0 spiro atoms. The number of imidazole rings is 2. The minimum atomic E-state index is 0.975. The number of rotatable bonds is 9. The summed E-state index contributed by atoms with van der Waals surface area (Å²) in [5, 5.41) is 4.28. The maximum atomic E-state index is 4.98. The molecule has 4 aromatic heterocycles. The average molecular weight is 413 g/mol. The van der Waals surface area contributed by atoms with Gasteiger partial charge in [0.2, 0.25) is 0 Å². The van der Waals surface area contributed by atoms with Crippen LogP contribution in [0.25, 0.3) is 20.0 Å². The summed E-state index contributed by atoms with van der Waals surface area (Å²) in [7, 11) is 0. The van der Waals surface area contributed by atoms with E-state index in [0.717, 1.165) is 69.9 Å². The van der Waals surface area contributed by atoms with Crippen molar-refractivity contribution in [3.63, 3.8) is 0 Å². The molecule has 0 aliphatic heterocycles. The molecule has 6 nitrogen and oxygen atoms in total. The molecule has 4 aromatic rings. The van der Waals surface area contributed by atoms with Crippen molar-refractivity contribution in [1.29, 1.82) is 0 Å². The van der Waals surface area contributed by atoms with Gasteiger partial charge in [-0.3, -0.25) is 9.13 Å². The number of aryl methyl sites for hydroxylation is 2. The second-order valence-electron chi connectivity index (χ2n) is 6.69. The van der Waals surface area contributed by atoms with Crippen molar-refractivity contribution in [2.75, 3.05) is 0 Å². The van der Waals surface area contributed by atoms with Crippen molar-refractivity contribution in [2.24, 2.45) is 0 Å². The Morgan fingerprint density at radius 2 is 1.21 bits per heavy atom. The number of thiazole rings is 2. The molecule has 0 amide bonds. The van der Waals surface area contributed by atoms with Gasteiger partial charge >= 0.3 is 0 Å². The van der Waals surface area contributed by atoms with Gasteiger partial charge in [-0.1, -0.05) is 49.4 Å². The Bertz CT molecular complexity index is 916. The molecule has 0 unspecified atom stereocenters. The van der Waals surface area contributed by atoms with Crippen LogP contribution in [0.4, 0.5) is 0 Å². The van der Waals surface area contributed by atoms with E-state index in [4.69, 9.17) is 9.97 Å². The second kappa shape index (κ2) is 8.79. The third kappa shape index (κ3) is 3.93. The summed E-state index contributed by atoms with van der Waals surface area (Å²) in [6.07, 6.45) is 17.8. The smallest absolute Gasteiger partial charge is 0.154 e. The van der Waals surface area contributed by atoms with Crippen LogP contribution < -0.4 is 0 Å². The van der Waals surface area contributed by atoms with E-state index in [2.05, 4.69) is 32.9 Å². The van der Waals surface area contributed by atoms with Crippen LogP contribution in [0.5, 0.6) is 0 Å². The highest BCUT2D eigenvalue weighted by Gasteiger charge is 2.19. The van der Waals surface area contributed by atoms with Crippen LogP contribution in [0.2, 0.25) is 0 Å². The first-order chi connectivity index (χ1) is 13.8. The molecular weight excluding hydrogens is 388 g/mol. The van der Waals surface area contributed by atoms with Crippen molar-refractivity contribution in [2.45, 2.75) is 52.4 Å². The van der Waals surface area contributed by atoms with Crippen molar-refractivity contribution in [3.05, 3.63) is 48.8 Å². The Labute approximate surface area is 173 Å². The molecule has 0 aliphatic carbocycles. The van der Waals surface area contributed by atoms with E-state index in [-0.39, 0.29) is 0 Å². The quantitative estimate of drug-likeness (QED) is 0.373. The first kappa shape index (κ1) is 19.0. The molecule has 0 fully saturated rings. The van der Waals surface area contributed by atoms with Crippen LogP contribution in [-0.4, -0.2) is 29.1 Å². The van der Waals surface area contributed by atoms with Gasteiger partial charge in [0.1, 0.15) is 10.0 Å². The van der Waals surface area contributed by atoms with E-state index in [0.29, 0.717) is 0 Å². The fourth-order valence-corrected chi connectivity index (χ4v) is 5.20. The Kier molecular flexibility index (Phi) is 5.97. The molecule has 0 aliphatic rings. The monoisotopic (exact) mass is 412 g/mol. The predicted octanol–water partition coefficient (Wildman–Crippen LogP) is 5.32. The predicted molar refractivity (Wildman–Crippen MR) is 115 cm³/mol. The van der Waals surface area contributed by atoms with Gasteiger partial charge in [-0.15, -0.1) is 0 Å². The van der Waals surface area contributed by atoms with Gasteiger partial charge in [0, 0.05) is 24.8 Å². The first-order valence-electron chi connectivity index (χ1n) is 9.76. The molecule has 0 saturated carbocycles. The van der Waals surface area contributed by atoms with Gasteiger partial charge in [0.05, 0.1) is 24.0 Å². The number of hydrogen-bond donors (Lipinski definition) is 0. The minimum absolute atomic E-state index is 0.975. The van der Waals surface area contributed by atoms with Crippen molar-refractivity contribution >= 4 is 22.7 Å². The van der Waals surface area contributed by atoms with E-state index in [1.54, 1.807) is 22.7 Å². The molecule has 4 heterocycles. The Morgan fingerprint density at radius 3 is 1.57 bits per heavy atom. The maximum Gasteiger partial charge on any atom is 0.154 e. The van der Waals surface area contributed by atoms with E-state index in [1.807, 2.05) is 37.4 Å². The molecule has 28 heavy (non-hydrogen) atoms. The number of aromatic nitrogens is 6. The summed E-state index contributed by atoms with van der Waals surface area (Å²) in [5.74, 6) is 0. The van der Waals surface area contributed by atoms with Crippen LogP contribution in [0, 0.1) is 0 Å². The Morgan fingerprint density at radius 1 is 0.750 bits per heavy atom. The topological polar surface area (TPSA) is 61.4 Å². The molecule has 0 saturated heterocycles.